The molecule has 6 bridgehead atoms. The van der Waals surface area contributed by atoms with E-state index in [1.54, 1.807) is 0 Å². The summed E-state index contributed by atoms with van der Waals surface area (Å²) in [5, 5.41) is 0. The molecule has 0 N–H and O–H groups in total. The molecule has 0 spiro atoms. The van der Waals surface area contributed by atoms with Gasteiger partial charge in [-0.05, 0) is 57.3 Å². The van der Waals surface area contributed by atoms with Crippen molar-refractivity contribution in [1.82, 2.24) is 0 Å². The summed E-state index contributed by atoms with van der Waals surface area (Å²) in [4.78, 5) is 36.8. The van der Waals surface area contributed by atoms with Crippen LogP contribution in [0, 0.1) is 35.5 Å². The molecular formula is C25H32B8F2O7. The number of alkyl halides is 2. The molecule has 17 heteroatoms. The average molecular weight is 569 g/mol. The quantitative estimate of drug-likeness (QED) is 0.226. The lowest BCUT2D eigenvalue weighted by atomic mass is 8.68. The van der Waals surface area contributed by atoms with Gasteiger partial charge in [-0.2, -0.15) is 8.78 Å². The highest BCUT2D eigenvalue weighted by molar-refractivity contribution is 7.89. The molecule has 1 saturated heterocycles. The number of ether oxygens (including phenoxy) is 4. The summed E-state index contributed by atoms with van der Waals surface area (Å²) in [5.74, 6) is -5.05. The third kappa shape index (κ3) is 5.78. The minimum Gasteiger partial charge on any atom is -0.458 e. The number of rotatable bonds is 9. The van der Waals surface area contributed by atoms with Gasteiger partial charge in [-0.15, -0.1) is 0 Å². The molecule has 7 fully saturated rings. The van der Waals surface area contributed by atoms with Crippen LogP contribution in [0.1, 0.15) is 65.2 Å². The lowest BCUT2D eigenvalue weighted by Crippen LogP contribution is -2.66. The molecule has 42 heavy (non-hydrogen) atoms. The van der Waals surface area contributed by atoms with Gasteiger partial charge in [0.1, 0.15) is 24.4 Å². The lowest BCUT2D eigenvalue weighted by molar-refractivity contribution is -0.262. The topological polar surface area (TPSA) is 88.1 Å². The van der Waals surface area contributed by atoms with Crippen LogP contribution in [0.25, 0.3) is 0 Å². The molecule has 7 nitrogen and oxygen atoms in total. The van der Waals surface area contributed by atoms with Crippen molar-refractivity contribution in [3.63, 3.8) is 0 Å². The predicted octanol–water partition coefficient (Wildman–Crippen LogP) is 0.376. The summed E-state index contributed by atoms with van der Waals surface area (Å²) in [6.45, 7) is 2.29. The number of carbonyl (C=O) groups is 3. The average Bonchev–Trinajstić information content (AvgIpc) is 3.54. The summed E-state index contributed by atoms with van der Waals surface area (Å²) >= 11 is 0. The molecule has 7 atom stereocenters. The Morgan fingerprint density at radius 1 is 1.02 bits per heavy atom. The largest absolute Gasteiger partial charge is 0.458 e. The fourth-order valence-electron chi connectivity index (χ4n) is 8.96. The van der Waals surface area contributed by atoms with E-state index in [9.17, 15) is 23.2 Å². The molecule has 212 valence electrons. The Morgan fingerprint density at radius 2 is 1.64 bits per heavy atom. The van der Waals surface area contributed by atoms with Crippen molar-refractivity contribution in [2.24, 2.45) is 35.5 Å². The maximum Gasteiger partial charge on any atom is 0.377 e. The Hall–Kier alpha value is -1.25. The second-order valence-electron chi connectivity index (χ2n) is 13.5. The first-order valence-electron chi connectivity index (χ1n) is 15.0. The highest BCUT2D eigenvalue weighted by Crippen LogP contribution is 2.63. The van der Waals surface area contributed by atoms with Crippen molar-refractivity contribution in [3.05, 3.63) is 0 Å². The first kappa shape index (κ1) is 32.2. The van der Waals surface area contributed by atoms with Crippen molar-refractivity contribution in [1.29, 1.82) is 0 Å². The fraction of sp³-hybridized carbons (Fsp3) is 0.880. The first-order valence-corrected chi connectivity index (χ1v) is 15.0. The third-order valence-corrected chi connectivity index (χ3v) is 10.8. The van der Waals surface area contributed by atoms with Gasteiger partial charge < -0.3 is 18.9 Å². The second-order valence-corrected chi connectivity index (χ2v) is 13.5. The molecular weight excluding hydrogens is 537 g/mol. The molecule has 1 aliphatic heterocycles. The van der Waals surface area contributed by atoms with Crippen LogP contribution in [0.3, 0.4) is 0 Å². The molecule has 0 aromatic carbocycles. The maximum absolute atomic E-state index is 13.6. The minimum absolute atomic E-state index is 0.0335. The molecule has 7 rings (SSSR count). The molecule has 10 radical (unpaired) electrons. The zero-order valence-electron chi connectivity index (χ0n) is 24.2. The zero-order valence-corrected chi connectivity index (χ0v) is 24.2. The van der Waals surface area contributed by atoms with Crippen molar-refractivity contribution in [3.8, 4) is 0 Å². The Bertz CT molecular complexity index is 1050. The number of halogens is 2. The summed E-state index contributed by atoms with van der Waals surface area (Å²) in [7, 11) is 25.8. The molecule has 0 aromatic heterocycles. The molecule has 7 aliphatic rings. The van der Waals surface area contributed by atoms with Crippen LogP contribution in [-0.4, -0.2) is 112 Å². The van der Waals surface area contributed by atoms with Crippen LogP contribution >= 0.6 is 0 Å². The number of hydrogen-bond donors (Lipinski definition) is 0. The Morgan fingerprint density at radius 3 is 2.17 bits per heavy atom. The van der Waals surface area contributed by atoms with Gasteiger partial charge in [0.25, 0.3) is 0 Å². The summed E-state index contributed by atoms with van der Waals surface area (Å²) in [5.41, 5.74) is -1.41. The van der Waals surface area contributed by atoms with Crippen molar-refractivity contribution >= 4 is 75.7 Å². The number of fused-ring (bicyclic) bond motifs is 1. The van der Waals surface area contributed by atoms with E-state index >= 15 is 0 Å². The van der Waals surface area contributed by atoms with E-state index in [-0.39, 0.29) is 54.4 Å². The van der Waals surface area contributed by atoms with E-state index in [1.807, 2.05) is 6.92 Å². The minimum atomic E-state index is -3.53. The van der Waals surface area contributed by atoms with Crippen molar-refractivity contribution in [2.75, 3.05) is 6.61 Å². The van der Waals surface area contributed by atoms with Gasteiger partial charge in [-0.3, -0.25) is 4.79 Å². The van der Waals surface area contributed by atoms with Gasteiger partial charge in [0, 0.05) is 88.4 Å². The Kier molecular flexibility index (Phi) is 8.88. The van der Waals surface area contributed by atoms with Crippen LogP contribution in [0.15, 0.2) is 0 Å². The number of esters is 3. The normalized spacial score (nSPS) is 40.1. The fourth-order valence-corrected chi connectivity index (χ4v) is 8.96. The van der Waals surface area contributed by atoms with E-state index in [0.29, 0.717) is 32.1 Å². The van der Waals surface area contributed by atoms with Crippen molar-refractivity contribution < 1.29 is 42.1 Å². The van der Waals surface area contributed by atoms with Crippen LogP contribution in [-0.2, 0) is 33.3 Å². The van der Waals surface area contributed by atoms with Gasteiger partial charge in [0.15, 0.2) is 0 Å². The van der Waals surface area contributed by atoms with E-state index in [2.05, 4.69) is 0 Å². The standard InChI is InChI=1S/C25H32F2O7.B8/c1-3-25(34-22(30)23(2,26)27)14-4-12-5-15(25)10-24(8-12,9-14)31-11-18(28)32-19-13-6-16-17(7-13)21(29)33-20(16)19;1-6(2)8(5)7(3)4/h12-17,19-20H,3-11H2,1-2H3;. The first-order chi connectivity index (χ1) is 19.6. The number of hydrogen-bond acceptors (Lipinski definition) is 7. The lowest BCUT2D eigenvalue weighted by Gasteiger charge is -2.64. The van der Waals surface area contributed by atoms with E-state index in [1.165, 1.54) is 0 Å². The van der Waals surface area contributed by atoms with Crippen molar-refractivity contribution in [2.45, 2.75) is 94.5 Å². The van der Waals surface area contributed by atoms with Gasteiger partial charge in [-0.25, -0.2) is 9.59 Å². The highest BCUT2D eigenvalue weighted by Gasteiger charge is 2.65. The predicted molar refractivity (Wildman–Crippen MR) is 157 cm³/mol. The van der Waals surface area contributed by atoms with Gasteiger partial charge >= 0.3 is 23.8 Å². The third-order valence-electron chi connectivity index (χ3n) is 10.8. The molecule has 0 amide bonds. The van der Waals surface area contributed by atoms with Gasteiger partial charge in [0.05, 0.1) is 11.5 Å². The van der Waals surface area contributed by atoms with Crippen LogP contribution in [0.5, 0.6) is 0 Å². The summed E-state index contributed by atoms with van der Waals surface area (Å²) in [6, 6.07) is 0. The summed E-state index contributed by atoms with van der Waals surface area (Å²) in [6.07, 6.45) is 3.22. The van der Waals surface area contributed by atoms with E-state index in [0.717, 1.165) is 32.1 Å². The summed E-state index contributed by atoms with van der Waals surface area (Å²) < 4.78 is 50.3. The van der Waals surface area contributed by atoms with Crippen LogP contribution in [0.2, 0.25) is 0 Å². The monoisotopic (exact) mass is 570 g/mol. The van der Waals surface area contributed by atoms with E-state index in [4.69, 9.17) is 57.6 Å². The van der Waals surface area contributed by atoms with Crippen LogP contribution in [0.4, 0.5) is 8.78 Å². The molecule has 0 aromatic rings. The number of carbonyl (C=O) groups excluding carboxylic acids is 3. The SMILES string of the molecule is CCC1(OC(=O)C(C)(F)F)C2CC3CC1CC(OCC(=O)OC1C4CC5C(=O)OC1C5C4)(C3)C2.[B]B([B])B([B])B([B])[B]. The second kappa shape index (κ2) is 11.6. The highest BCUT2D eigenvalue weighted by atomic mass is 19.3. The van der Waals surface area contributed by atoms with E-state index < -0.39 is 48.2 Å². The van der Waals surface area contributed by atoms with Crippen LogP contribution < -0.4 is 0 Å². The molecule has 6 aliphatic carbocycles. The Balaban J connectivity index is 0.000000390. The Labute approximate surface area is 254 Å². The molecule has 6 saturated carbocycles. The smallest absolute Gasteiger partial charge is 0.377 e. The maximum atomic E-state index is 13.6. The molecule has 7 unspecified atom stereocenters. The van der Waals surface area contributed by atoms with Gasteiger partial charge in [0.2, 0.25) is 0 Å². The van der Waals surface area contributed by atoms with Gasteiger partial charge in [-0.1, -0.05) is 6.92 Å². The zero-order chi connectivity index (χ0) is 30.8. The molecule has 1 heterocycles.